The Bertz CT molecular complexity index is 1250. The lowest BCUT2D eigenvalue weighted by Gasteiger charge is -2.35. The van der Waals surface area contributed by atoms with Crippen molar-refractivity contribution in [3.63, 3.8) is 0 Å². The number of methoxy groups -OCH3 is 1. The average Bonchev–Trinajstić information content (AvgIpc) is 2.90. The Hall–Kier alpha value is -3.70. The monoisotopic (exact) mass is 567 g/mol. The molecule has 1 fully saturated rings. The van der Waals surface area contributed by atoms with Gasteiger partial charge in [0.2, 0.25) is 17.8 Å². The number of anilines is 6. The fourth-order valence-electron chi connectivity index (χ4n) is 4.26. The first kappa shape index (κ1) is 26.4. The van der Waals surface area contributed by atoms with E-state index in [0.29, 0.717) is 34.9 Å². The lowest BCUT2D eigenvalue weighted by atomic mass is 9.93. The maximum atomic E-state index is 12.2. The molecule has 194 valence electrons. The fraction of sp³-hybridized carbons (Fsp3) is 0.308. The van der Waals surface area contributed by atoms with Gasteiger partial charge in [-0.15, -0.1) is 0 Å². The van der Waals surface area contributed by atoms with Crippen molar-refractivity contribution in [1.82, 2.24) is 15.0 Å². The van der Waals surface area contributed by atoms with Crippen molar-refractivity contribution in [3.05, 3.63) is 59.9 Å². The molecule has 0 saturated carbocycles. The molecule has 11 heteroatoms. The Morgan fingerprint density at radius 3 is 2.62 bits per heavy atom. The van der Waals surface area contributed by atoms with Crippen molar-refractivity contribution >= 4 is 56.5 Å². The van der Waals surface area contributed by atoms with Crippen molar-refractivity contribution in [3.8, 4) is 5.75 Å². The molecule has 0 unspecified atom stereocenters. The van der Waals surface area contributed by atoms with Gasteiger partial charge < -0.3 is 30.7 Å². The standard InChI is InChI=1S/C26H30BrN7O3/c1-3-24(36)31-20-14-21(23(37-2)15-22(20)34-10-7-17(8-11-34)9-12-35)32-26-29-16-28-25(33-26)30-19-6-4-5-18(27)13-19/h3-6,13-17,35H,1,7-12H2,2H3,(H,31,36)(H2,28,29,30,32,33). The van der Waals surface area contributed by atoms with Crippen LogP contribution in [0.4, 0.5) is 34.6 Å². The zero-order valence-corrected chi connectivity index (χ0v) is 22.2. The summed E-state index contributed by atoms with van der Waals surface area (Å²) in [6, 6.07) is 11.4. The largest absolute Gasteiger partial charge is 0.494 e. The number of rotatable bonds is 10. The number of benzene rings is 2. The molecule has 4 rings (SSSR count). The summed E-state index contributed by atoms with van der Waals surface area (Å²) in [5.41, 5.74) is 2.88. The van der Waals surface area contributed by atoms with Gasteiger partial charge in [0.25, 0.3) is 0 Å². The highest BCUT2D eigenvalue weighted by atomic mass is 79.9. The second-order valence-electron chi connectivity index (χ2n) is 8.60. The minimum Gasteiger partial charge on any atom is -0.494 e. The second kappa shape index (κ2) is 12.5. The number of hydrogen-bond acceptors (Lipinski definition) is 9. The molecule has 1 aliphatic rings. The van der Waals surface area contributed by atoms with Crippen LogP contribution in [0.25, 0.3) is 0 Å². The predicted octanol–water partition coefficient (Wildman–Crippen LogP) is 4.85. The van der Waals surface area contributed by atoms with Gasteiger partial charge in [0.1, 0.15) is 12.1 Å². The van der Waals surface area contributed by atoms with Crippen molar-refractivity contribution in [2.24, 2.45) is 5.92 Å². The Kier molecular flexibility index (Phi) is 8.91. The molecule has 2 heterocycles. The highest BCUT2D eigenvalue weighted by Crippen LogP contribution is 2.39. The molecule has 1 aromatic heterocycles. The molecule has 37 heavy (non-hydrogen) atoms. The second-order valence-corrected chi connectivity index (χ2v) is 9.51. The third-order valence-electron chi connectivity index (χ3n) is 6.15. The van der Waals surface area contributed by atoms with Crippen LogP contribution in [0.15, 0.2) is 59.9 Å². The van der Waals surface area contributed by atoms with E-state index in [2.05, 4.69) is 58.3 Å². The number of aliphatic hydroxyl groups is 1. The number of ether oxygens (including phenoxy) is 1. The fourth-order valence-corrected chi connectivity index (χ4v) is 4.66. The summed E-state index contributed by atoms with van der Waals surface area (Å²) in [5.74, 6) is 1.44. The van der Waals surface area contributed by atoms with Gasteiger partial charge in [-0.1, -0.05) is 28.6 Å². The van der Waals surface area contributed by atoms with Crippen LogP contribution < -0.4 is 25.6 Å². The van der Waals surface area contributed by atoms with E-state index in [-0.39, 0.29) is 12.5 Å². The molecule has 0 aliphatic carbocycles. The molecule has 1 saturated heterocycles. The summed E-state index contributed by atoms with van der Waals surface area (Å²) < 4.78 is 6.62. The molecular weight excluding hydrogens is 538 g/mol. The number of aliphatic hydroxyl groups excluding tert-OH is 1. The summed E-state index contributed by atoms with van der Waals surface area (Å²) in [5, 5.41) is 18.5. The quantitative estimate of drug-likeness (QED) is 0.254. The van der Waals surface area contributed by atoms with Gasteiger partial charge in [0, 0.05) is 35.9 Å². The molecule has 2 aromatic carbocycles. The summed E-state index contributed by atoms with van der Waals surface area (Å²) in [7, 11) is 1.59. The van der Waals surface area contributed by atoms with E-state index in [9.17, 15) is 9.90 Å². The number of aromatic nitrogens is 3. The van der Waals surface area contributed by atoms with Crippen molar-refractivity contribution in [1.29, 1.82) is 0 Å². The normalized spacial score (nSPS) is 13.6. The van der Waals surface area contributed by atoms with E-state index in [1.54, 1.807) is 13.2 Å². The van der Waals surface area contributed by atoms with E-state index in [4.69, 9.17) is 4.74 Å². The van der Waals surface area contributed by atoms with Gasteiger partial charge in [-0.3, -0.25) is 4.79 Å². The maximum Gasteiger partial charge on any atom is 0.247 e. The summed E-state index contributed by atoms with van der Waals surface area (Å²) >= 11 is 3.45. The number of hydrogen-bond donors (Lipinski definition) is 4. The Morgan fingerprint density at radius 2 is 1.95 bits per heavy atom. The Morgan fingerprint density at radius 1 is 1.19 bits per heavy atom. The number of halogens is 1. The zero-order chi connectivity index (χ0) is 26.2. The SMILES string of the molecule is C=CC(=O)Nc1cc(Nc2ncnc(Nc3cccc(Br)c3)n2)c(OC)cc1N1CCC(CCO)CC1. The Balaban J connectivity index is 1.60. The highest BCUT2D eigenvalue weighted by molar-refractivity contribution is 9.10. The van der Waals surface area contributed by atoms with Crippen LogP contribution in [-0.4, -0.2) is 52.8 Å². The van der Waals surface area contributed by atoms with Crippen LogP contribution in [0.2, 0.25) is 0 Å². The van der Waals surface area contributed by atoms with E-state index in [1.807, 2.05) is 30.3 Å². The van der Waals surface area contributed by atoms with Crippen LogP contribution >= 0.6 is 15.9 Å². The van der Waals surface area contributed by atoms with Gasteiger partial charge in [-0.05, 0) is 55.5 Å². The smallest absolute Gasteiger partial charge is 0.247 e. The van der Waals surface area contributed by atoms with Crippen molar-refractivity contribution in [2.75, 3.05) is 47.7 Å². The molecule has 10 nitrogen and oxygen atoms in total. The summed E-state index contributed by atoms with van der Waals surface area (Å²) in [6.45, 7) is 5.41. The number of nitrogens with one attached hydrogen (secondary N) is 3. The van der Waals surface area contributed by atoms with Crippen molar-refractivity contribution in [2.45, 2.75) is 19.3 Å². The highest BCUT2D eigenvalue weighted by Gasteiger charge is 2.23. The first-order valence-electron chi connectivity index (χ1n) is 12.0. The first-order chi connectivity index (χ1) is 18.0. The number of nitrogens with zero attached hydrogens (tertiary/aromatic N) is 4. The van der Waals surface area contributed by atoms with Crippen LogP contribution in [0.3, 0.4) is 0 Å². The van der Waals surface area contributed by atoms with Gasteiger partial charge in [-0.25, -0.2) is 9.97 Å². The topological polar surface area (TPSA) is 125 Å². The lowest BCUT2D eigenvalue weighted by molar-refractivity contribution is -0.111. The number of carbonyl (C=O) groups is 1. The lowest BCUT2D eigenvalue weighted by Crippen LogP contribution is -2.34. The molecule has 4 N–H and O–H groups in total. The van der Waals surface area contributed by atoms with E-state index in [1.165, 1.54) is 12.4 Å². The van der Waals surface area contributed by atoms with E-state index >= 15 is 0 Å². The summed E-state index contributed by atoms with van der Waals surface area (Å²) in [6.07, 6.45) is 5.39. The molecule has 1 aliphatic heterocycles. The van der Waals surface area contributed by atoms with Crippen LogP contribution in [-0.2, 0) is 4.79 Å². The average molecular weight is 568 g/mol. The van der Waals surface area contributed by atoms with Gasteiger partial charge >= 0.3 is 0 Å². The Labute approximate surface area is 224 Å². The third kappa shape index (κ3) is 6.95. The first-order valence-corrected chi connectivity index (χ1v) is 12.8. The summed E-state index contributed by atoms with van der Waals surface area (Å²) in [4.78, 5) is 27.4. The molecule has 3 aromatic rings. The molecule has 0 bridgehead atoms. The van der Waals surface area contributed by atoms with Crippen LogP contribution in [0, 0.1) is 5.92 Å². The van der Waals surface area contributed by atoms with E-state index in [0.717, 1.165) is 48.2 Å². The minimum atomic E-state index is -0.312. The number of carbonyl (C=O) groups excluding carboxylic acids is 1. The van der Waals surface area contributed by atoms with Gasteiger partial charge in [0.15, 0.2) is 0 Å². The van der Waals surface area contributed by atoms with Crippen LogP contribution in [0.1, 0.15) is 19.3 Å². The third-order valence-corrected chi connectivity index (χ3v) is 6.65. The van der Waals surface area contributed by atoms with Gasteiger partial charge in [0.05, 0.1) is 24.2 Å². The molecule has 0 atom stereocenters. The minimum absolute atomic E-state index is 0.205. The maximum absolute atomic E-state index is 12.2. The van der Waals surface area contributed by atoms with E-state index < -0.39 is 0 Å². The van der Waals surface area contributed by atoms with Gasteiger partial charge in [-0.2, -0.15) is 4.98 Å². The predicted molar refractivity (Wildman–Crippen MR) is 149 cm³/mol. The molecule has 1 amide bonds. The molecular formula is C26H30BrN7O3. The molecule has 0 radical (unpaired) electrons. The number of amides is 1. The number of piperidine rings is 1. The molecule has 0 spiro atoms. The van der Waals surface area contributed by atoms with Crippen LogP contribution in [0.5, 0.6) is 5.75 Å². The van der Waals surface area contributed by atoms with Crippen molar-refractivity contribution < 1.29 is 14.6 Å². The zero-order valence-electron chi connectivity index (χ0n) is 20.6.